The van der Waals surface area contributed by atoms with Crippen molar-refractivity contribution in [3.8, 4) is 0 Å². The molecule has 0 saturated heterocycles. The molecule has 1 aromatic heterocycles. The number of nitrogens with one attached hydrogen (secondary N) is 1. The van der Waals surface area contributed by atoms with Crippen LogP contribution in [0.15, 0.2) is 48.8 Å². The summed E-state index contributed by atoms with van der Waals surface area (Å²) in [7, 11) is 0. The van der Waals surface area contributed by atoms with Gasteiger partial charge in [0, 0.05) is 23.6 Å². The van der Waals surface area contributed by atoms with Crippen molar-refractivity contribution in [3.05, 3.63) is 59.9 Å². The Morgan fingerprint density at radius 2 is 2.00 bits per heavy atom. The summed E-state index contributed by atoms with van der Waals surface area (Å²) < 4.78 is 0. The van der Waals surface area contributed by atoms with Gasteiger partial charge in [-0.05, 0) is 30.7 Å². The van der Waals surface area contributed by atoms with Crippen LogP contribution >= 0.6 is 0 Å². The number of anilines is 1. The highest BCUT2D eigenvalue weighted by molar-refractivity contribution is 5.99. The first-order valence-electron chi connectivity index (χ1n) is 5.50. The molecule has 0 aliphatic carbocycles. The lowest BCUT2D eigenvalue weighted by atomic mass is 10.1. The molecule has 3 nitrogen and oxygen atoms in total. The molecule has 0 aliphatic heterocycles. The summed E-state index contributed by atoms with van der Waals surface area (Å²) in [5, 5.41) is 3.09. The number of nitrogens with zero attached hydrogens (tertiary/aromatic N) is 1. The van der Waals surface area contributed by atoms with Crippen LogP contribution in [0.1, 0.15) is 15.9 Å². The standard InChI is InChI=1S/C14H14N2O/c1-11-7-8-15-9-13(11)14(17)10-16-12-5-3-2-4-6-12/h2-9,16H,10H2,1H3. The van der Waals surface area contributed by atoms with Crippen molar-refractivity contribution >= 4 is 11.5 Å². The van der Waals surface area contributed by atoms with Crippen molar-refractivity contribution in [2.75, 3.05) is 11.9 Å². The molecule has 0 saturated carbocycles. The minimum Gasteiger partial charge on any atom is -0.378 e. The van der Waals surface area contributed by atoms with Crippen molar-refractivity contribution in [2.45, 2.75) is 6.92 Å². The summed E-state index contributed by atoms with van der Waals surface area (Å²) in [4.78, 5) is 15.9. The molecule has 1 heterocycles. The number of pyridine rings is 1. The predicted octanol–water partition coefficient (Wildman–Crippen LogP) is 2.68. The number of Topliss-reactive ketones (excluding diaryl/α,β-unsaturated/α-hetero) is 1. The number of para-hydroxylation sites is 1. The van der Waals surface area contributed by atoms with Crippen LogP contribution in [0.3, 0.4) is 0 Å². The molecule has 0 fully saturated rings. The minimum atomic E-state index is 0.0550. The van der Waals surface area contributed by atoms with E-state index in [0.717, 1.165) is 11.3 Å². The second-order valence-electron chi connectivity index (χ2n) is 3.83. The quantitative estimate of drug-likeness (QED) is 0.815. The largest absolute Gasteiger partial charge is 0.378 e. The molecule has 0 amide bonds. The van der Waals surface area contributed by atoms with Crippen LogP contribution in [0.4, 0.5) is 5.69 Å². The number of aromatic nitrogens is 1. The highest BCUT2D eigenvalue weighted by Gasteiger charge is 2.08. The molecule has 0 unspecified atom stereocenters. The molecular formula is C14H14N2O. The van der Waals surface area contributed by atoms with Gasteiger partial charge in [-0.2, -0.15) is 0 Å². The average molecular weight is 226 g/mol. The molecule has 2 rings (SSSR count). The van der Waals surface area contributed by atoms with Gasteiger partial charge < -0.3 is 5.32 Å². The van der Waals surface area contributed by atoms with Crippen LogP contribution in [-0.2, 0) is 0 Å². The molecule has 0 aliphatic rings. The Bertz CT molecular complexity index is 509. The van der Waals surface area contributed by atoms with Gasteiger partial charge in [-0.3, -0.25) is 9.78 Å². The third-order valence-corrected chi connectivity index (χ3v) is 2.57. The van der Waals surface area contributed by atoms with Gasteiger partial charge >= 0.3 is 0 Å². The molecule has 3 heteroatoms. The first-order chi connectivity index (χ1) is 8.27. The number of carbonyl (C=O) groups is 1. The topological polar surface area (TPSA) is 42.0 Å². The van der Waals surface area contributed by atoms with Gasteiger partial charge in [0.05, 0.1) is 6.54 Å². The summed E-state index contributed by atoms with van der Waals surface area (Å²) in [5.41, 5.74) is 2.58. The van der Waals surface area contributed by atoms with Crippen LogP contribution < -0.4 is 5.32 Å². The Morgan fingerprint density at radius 1 is 1.24 bits per heavy atom. The number of benzene rings is 1. The molecule has 0 radical (unpaired) electrons. The lowest BCUT2D eigenvalue weighted by molar-refractivity contribution is 0.100. The SMILES string of the molecule is Cc1ccncc1C(=O)CNc1ccccc1. The van der Waals surface area contributed by atoms with Gasteiger partial charge in [-0.1, -0.05) is 18.2 Å². The number of aryl methyl sites for hydroxylation is 1. The maximum atomic E-state index is 11.9. The summed E-state index contributed by atoms with van der Waals surface area (Å²) in [6.45, 7) is 2.20. The van der Waals surface area contributed by atoms with Gasteiger partial charge in [-0.25, -0.2) is 0 Å². The maximum absolute atomic E-state index is 11.9. The zero-order valence-corrected chi connectivity index (χ0v) is 9.68. The molecule has 1 aromatic carbocycles. The molecule has 0 bridgehead atoms. The molecule has 0 spiro atoms. The molecule has 1 N–H and O–H groups in total. The fourth-order valence-corrected chi connectivity index (χ4v) is 1.59. The predicted molar refractivity (Wildman–Crippen MR) is 68.2 cm³/mol. The number of rotatable bonds is 4. The highest BCUT2D eigenvalue weighted by atomic mass is 16.1. The zero-order valence-electron chi connectivity index (χ0n) is 9.68. The highest BCUT2D eigenvalue weighted by Crippen LogP contribution is 2.08. The van der Waals surface area contributed by atoms with Crippen molar-refractivity contribution in [1.82, 2.24) is 4.98 Å². The van der Waals surface area contributed by atoms with Crippen LogP contribution in [-0.4, -0.2) is 17.3 Å². The third kappa shape index (κ3) is 2.91. The second-order valence-corrected chi connectivity index (χ2v) is 3.83. The Hall–Kier alpha value is -2.16. The van der Waals surface area contributed by atoms with Crippen LogP contribution in [0, 0.1) is 6.92 Å². The number of hydrogen-bond donors (Lipinski definition) is 1. The van der Waals surface area contributed by atoms with Crippen molar-refractivity contribution < 1.29 is 4.79 Å². The van der Waals surface area contributed by atoms with E-state index in [2.05, 4.69) is 10.3 Å². The second kappa shape index (κ2) is 5.25. The maximum Gasteiger partial charge on any atom is 0.183 e. The molecule has 0 atom stereocenters. The van der Waals surface area contributed by atoms with E-state index >= 15 is 0 Å². The van der Waals surface area contributed by atoms with Crippen LogP contribution in [0.2, 0.25) is 0 Å². The Balaban J connectivity index is 2.01. The monoisotopic (exact) mass is 226 g/mol. The zero-order chi connectivity index (χ0) is 12.1. The molecule has 17 heavy (non-hydrogen) atoms. The summed E-state index contributed by atoms with van der Waals surface area (Å²) in [6, 6.07) is 11.5. The van der Waals surface area contributed by atoms with E-state index < -0.39 is 0 Å². The average Bonchev–Trinajstić information content (AvgIpc) is 2.38. The first kappa shape index (κ1) is 11.3. The lowest BCUT2D eigenvalue weighted by Gasteiger charge is -2.06. The van der Waals surface area contributed by atoms with Crippen molar-refractivity contribution in [2.24, 2.45) is 0 Å². The van der Waals surface area contributed by atoms with E-state index in [1.165, 1.54) is 0 Å². The van der Waals surface area contributed by atoms with E-state index in [9.17, 15) is 4.79 Å². The summed E-state index contributed by atoms with van der Waals surface area (Å²) in [5.74, 6) is 0.0550. The molecule has 2 aromatic rings. The van der Waals surface area contributed by atoms with Crippen molar-refractivity contribution in [1.29, 1.82) is 0 Å². The van der Waals surface area contributed by atoms with Gasteiger partial charge in [0.25, 0.3) is 0 Å². The normalized spacial score (nSPS) is 9.94. The van der Waals surface area contributed by atoms with Crippen LogP contribution in [0.25, 0.3) is 0 Å². The van der Waals surface area contributed by atoms with E-state index in [4.69, 9.17) is 0 Å². The summed E-state index contributed by atoms with van der Waals surface area (Å²) in [6.07, 6.45) is 3.31. The van der Waals surface area contributed by atoms with E-state index in [1.54, 1.807) is 12.4 Å². The molecule has 86 valence electrons. The van der Waals surface area contributed by atoms with E-state index in [1.807, 2.05) is 43.3 Å². The third-order valence-electron chi connectivity index (χ3n) is 2.57. The van der Waals surface area contributed by atoms with Crippen molar-refractivity contribution in [3.63, 3.8) is 0 Å². The van der Waals surface area contributed by atoms with E-state index in [-0.39, 0.29) is 12.3 Å². The smallest absolute Gasteiger partial charge is 0.183 e. The van der Waals surface area contributed by atoms with Gasteiger partial charge in [0.15, 0.2) is 5.78 Å². The Labute approximate surface area is 101 Å². The van der Waals surface area contributed by atoms with Gasteiger partial charge in [0.2, 0.25) is 0 Å². The lowest BCUT2D eigenvalue weighted by Crippen LogP contribution is -2.15. The fourth-order valence-electron chi connectivity index (χ4n) is 1.59. The van der Waals surface area contributed by atoms with Gasteiger partial charge in [-0.15, -0.1) is 0 Å². The van der Waals surface area contributed by atoms with Crippen LogP contribution in [0.5, 0.6) is 0 Å². The Morgan fingerprint density at radius 3 is 2.71 bits per heavy atom. The van der Waals surface area contributed by atoms with Gasteiger partial charge in [0.1, 0.15) is 0 Å². The van der Waals surface area contributed by atoms with E-state index in [0.29, 0.717) is 5.56 Å². The summed E-state index contributed by atoms with van der Waals surface area (Å²) >= 11 is 0. The number of carbonyl (C=O) groups excluding carboxylic acids is 1. The number of ketones is 1. The molecular weight excluding hydrogens is 212 g/mol. The Kier molecular flexibility index (Phi) is 3.50. The number of hydrogen-bond acceptors (Lipinski definition) is 3. The first-order valence-corrected chi connectivity index (χ1v) is 5.50. The minimum absolute atomic E-state index is 0.0550. The fraction of sp³-hybridized carbons (Fsp3) is 0.143.